The summed E-state index contributed by atoms with van der Waals surface area (Å²) in [5.41, 5.74) is 0.829. The molecule has 0 radical (unpaired) electrons. The van der Waals surface area contributed by atoms with Gasteiger partial charge in [-0.2, -0.15) is 9.78 Å². The van der Waals surface area contributed by atoms with Gasteiger partial charge in [-0.25, -0.2) is 4.98 Å². The van der Waals surface area contributed by atoms with Gasteiger partial charge in [-0.05, 0) is 18.6 Å². The Bertz CT molecular complexity index is 422. The number of aromatic nitrogens is 3. The Morgan fingerprint density at radius 2 is 2.29 bits per heavy atom. The minimum absolute atomic E-state index is 0.172. The number of hydrogen-bond acceptors (Lipinski definition) is 3. The molecule has 2 aromatic heterocycles. The monoisotopic (exact) mass is 189 g/mol. The molecule has 4 heteroatoms. The molecule has 0 unspecified atom stereocenters. The van der Waals surface area contributed by atoms with Crippen molar-refractivity contribution in [3.8, 4) is 11.7 Å². The van der Waals surface area contributed by atoms with Crippen LogP contribution in [0.15, 0.2) is 30.6 Å². The number of rotatable bonds is 2. The maximum absolute atomic E-state index is 9.74. The number of aromatic hydroxyl groups is 1. The van der Waals surface area contributed by atoms with Crippen molar-refractivity contribution >= 4 is 0 Å². The van der Waals surface area contributed by atoms with E-state index in [4.69, 9.17) is 0 Å². The first-order valence-corrected chi connectivity index (χ1v) is 4.50. The molecule has 2 rings (SSSR count). The van der Waals surface area contributed by atoms with E-state index in [1.54, 1.807) is 18.5 Å². The lowest BCUT2D eigenvalue weighted by atomic mass is 10.3. The van der Waals surface area contributed by atoms with Gasteiger partial charge in [0.05, 0.1) is 6.20 Å². The molecule has 0 aliphatic carbocycles. The van der Waals surface area contributed by atoms with Gasteiger partial charge in [0.15, 0.2) is 5.82 Å². The maximum Gasteiger partial charge on any atom is 0.218 e. The van der Waals surface area contributed by atoms with Gasteiger partial charge >= 0.3 is 0 Å². The first kappa shape index (κ1) is 8.74. The molecule has 0 saturated heterocycles. The molecule has 14 heavy (non-hydrogen) atoms. The minimum Gasteiger partial charge on any atom is -0.493 e. The highest BCUT2D eigenvalue weighted by Gasteiger charge is 2.09. The molecule has 0 aliphatic heterocycles. The van der Waals surface area contributed by atoms with Crippen molar-refractivity contribution in [3.63, 3.8) is 0 Å². The predicted molar refractivity (Wildman–Crippen MR) is 52.4 cm³/mol. The predicted octanol–water partition coefficient (Wildman–Crippen LogP) is 1.54. The molecule has 0 aromatic carbocycles. The summed E-state index contributed by atoms with van der Waals surface area (Å²) in [4.78, 5) is 4.10. The van der Waals surface area contributed by atoms with Crippen LogP contribution in [0.25, 0.3) is 5.82 Å². The molecule has 0 atom stereocenters. The van der Waals surface area contributed by atoms with E-state index in [0.29, 0.717) is 5.82 Å². The molecule has 0 bridgehead atoms. The van der Waals surface area contributed by atoms with Gasteiger partial charge in [0.25, 0.3) is 0 Å². The summed E-state index contributed by atoms with van der Waals surface area (Å²) in [6.07, 6.45) is 4.09. The summed E-state index contributed by atoms with van der Waals surface area (Å²) in [6, 6.07) is 5.48. The van der Waals surface area contributed by atoms with Crippen LogP contribution in [0.4, 0.5) is 0 Å². The quantitative estimate of drug-likeness (QED) is 0.779. The van der Waals surface area contributed by atoms with E-state index in [1.165, 1.54) is 4.68 Å². The van der Waals surface area contributed by atoms with Crippen LogP contribution in [-0.4, -0.2) is 19.9 Å². The van der Waals surface area contributed by atoms with Crippen LogP contribution in [0.5, 0.6) is 5.88 Å². The molecule has 2 heterocycles. The highest BCUT2D eigenvalue weighted by molar-refractivity contribution is 5.32. The van der Waals surface area contributed by atoms with Crippen molar-refractivity contribution in [1.29, 1.82) is 0 Å². The van der Waals surface area contributed by atoms with Crippen LogP contribution >= 0.6 is 0 Å². The van der Waals surface area contributed by atoms with Crippen LogP contribution in [0.2, 0.25) is 0 Å². The Balaban J connectivity index is 2.48. The van der Waals surface area contributed by atoms with E-state index in [2.05, 4.69) is 10.1 Å². The smallest absolute Gasteiger partial charge is 0.218 e. The van der Waals surface area contributed by atoms with Crippen molar-refractivity contribution in [2.24, 2.45) is 0 Å². The van der Waals surface area contributed by atoms with Crippen molar-refractivity contribution in [2.45, 2.75) is 13.3 Å². The second-order valence-electron chi connectivity index (χ2n) is 2.95. The summed E-state index contributed by atoms with van der Waals surface area (Å²) in [5, 5.41) is 13.8. The van der Waals surface area contributed by atoms with E-state index in [9.17, 15) is 5.11 Å². The summed E-state index contributed by atoms with van der Waals surface area (Å²) in [7, 11) is 0. The molecule has 2 aromatic rings. The topological polar surface area (TPSA) is 50.9 Å². The standard InChI is InChI=1S/C10H11N3O/c1-2-8-7-12-13(10(8)14)9-5-3-4-6-11-9/h3-7,14H,2H2,1H3. The van der Waals surface area contributed by atoms with E-state index < -0.39 is 0 Å². The second-order valence-corrected chi connectivity index (χ2v) is 2.95. The lowest BCUT2D eigenvalue weighted by Crippen LogP contribution is -1.97. The fourth-order valence-electron chi connectivity index (χ4n) is 1.27. The van der Waals surface area contributed by atoms with Gasteiger partial charge < -0.3 is 5.11 Å². The zero-order valence-corrected chi connectivity index (χ0v) is 7.88. The van der Waals surface area contributed by atoms with Crippen molar-refractivity contribution in [3.05, 3.63) is 36.2 Å². The molecular weight excluding hydrogens is 178 g/mol. The van der Waals surface area contributed by atoms with Crippen LogP contribution in [-0.2, 0) is 6.42 Å². The third-order valence-electron chi connectivity index (χ3n) is 2.06. The first-order chi connectivity index (χ1) is 6.83. The summed E-state index contributed by atoms with van der Waals surface area (Å²) < 4.78 is 1.43. The Labute approximate surface area is 81.8 Å². The Morgan fingerprint density at radius 3 is 2.86 bits per heavy atom. The molecule has 1 N–H and O–H groups in total. The SMILES string of the molecule is CCc1cnn(-c2ccccn2)c1O. The Morgan fingerprint density at radius 1 is 1.43 bits per heavy atom. The largest absolute Gasteiger partial charge is 0.493 e. The Kier molecular flexibility index (Phi) is 2.18. The molecule has 0 amide bonds. The van der Waals surface area contributed by atoms with Gasteiger partial charge in [-0.3, -0.25) is 0 Å². The summed E-state index contributed by atoms with van der Waals surface area (Å²) in [5.74, 6) is 0.802. The van der Waals surface area contributed by atoms with Gasteiger partial charge in [-0.1, -0.05) is 13.0 Å². The molecule has 4 nitrogen and oxygen atoms in total. The summed E-state index contributed by atoms with van der Waals surface area (Å²) >= 11 is 0. The van der Waals surface area contributed by atoms with Gasteiger partial charge in [0, 0.05) is 11.8 Å². The first-order valence-electron chi connectivity index (χ1n) is 4.50. The van der Waals surface area contributed by atoms with E-state index in [1.807, 2.05) is 19.1 Å². The lowest BCUT2D eigenvalue weighted by Gasteiger charge is -2.01. The normalized spacial score (nSPS) is 10.4. The van der Waals surface area contributed by atoms with Gasteiger partial charge in [-0.15, -0.1) is 0 Å². The van der Waals surface area contributed by atoms with Crippen LogP contribution in [0, 0.1) is 0 Å². The molecule has 0 fully saturated rings. The average Bonchev–Trinajstić information content (AvgIpc) is 2.61. The Hall–Kier alpha value is -1.84. The van der Waals surface area contributed by atoms with Crippen LogP contribution in [0.3, 0.4) is 0 Å². The minimum atomic E-state index is 0.172. The van der Waals surface area contributed by atoms with Crippen LogP contribution < -0.4 is 0 Å². The van der Waals surface area contributed by atoms with Crippen molar-refractivity contribution in [2.75, 3.05) is 0 Å². The summed E-state index contributed by atoms with van der Waals surface area (Å²) in [6.45, 7) is 1.97. The lowest BCUT2D eigenvalue weighted by molar-refractivity contribution is 0.427. The average molecular weight is 189 g/mol. The fraction of sp³-hybridized carbons (Fsp3) is 0.200. The second kappa shape index (κ2) is 3.49. The number of pyridine rings is 1. The number of nitrogens with zero attached hydrogens (tertiary/aromatic N) is 3. The van der Waals surface area contributed by atoms with E-state index in [0.717, 1.165) is 12.0 Å². The number of hydrogen-bond donors (Lipinski definition) is 1. The van der Waals surface area contributed by atoms with Gasteiger partial charge in [0.1, 0.15) is 0 Å². The van der Waals surface area contributed by atoms with Gasteiger partial charge in [0.2, 0.25) is 5.88 Å². The molecular formula is C10H11N3O. The van der Waals surface area contributed by atoms with Crippen LogP contribution in [0.1, 0.15) is 12.5 Å². The highest BCUT2D eigenvalue weighted by Crippen LogP contribution is 2.19. The van der Waals surface area contributed by atoms with Crippen molar-refractivity contribution in [1.82, 2.24) is 14.8 Å². The third kappa shape index (κ3) is 1.35. The van der Waals surface area contributed by atoms with E-state index in [-0.39, 0.29) is 5.88 Å². The fourth-order valence-corrected chi connectivity index (χ4v) is 1.27. The third-order valence-corrected chi connectivity index (χ3v) is 2.06. The van der Waals surface area contributed by atoms with Crippen molar-refractivity contribution < 1.29 is 5.11 Å². The zero-order chi connectivity index (χ0) is 9.97. The molecule has 0 aliphatic rings. The molecule has 72 valence electrons. The number of aryl methyl sites for hydroxylation is 1. The highest BCUT2D eigenvalue weighted by atomic mass is 16.3. The van der Waals surface area contributed by atoms with E-state index >= 15 is 0 Å². The zero-order valence-electron chi connectivity index (χ0n) is 7.88. The molecule has 0 saturated carbocycles. The molecule has 0 spiro atoms. The maximum atomic E-state index is 9.74.